The number of pyridine rings is 1. The van der Waals surface area contributed by atoms with E-state index in [2.05, 4.69) is 78.4 Å². The van der Waals surface area contributed by atoms with Crippen molar-refractivity contribution in [1.29, 1.82) is 0 Å². The molecule has 0 aliphatic rings. The van der Waals surface area contributed by atoms with Gasteiger partial charge in [-0.05, 0) is 51.8 Å². The van der Waals surface area contributed by atoms with E-state index in [0.29, 0.717) is 0 Å². The SMILES string of the molecule is CC(C)(C)c1ccn2ccc(I)c2c1. The Morgan fingerprint density at radius 1 is 1.14 bits per heavy atom. The lowest BCUT2D eigenvalue weighted by Gasteiger charge is -2.19. The number of rotatable bonds is 0. The second-order valence-electron chi connectivity index (χ2n) is 4.62. The number of aromatic nitrogens is 1. The minimum absolute atomic E-state index is 0.231. The first-order valence-electron chi connectivity index (χ1n) is 4.75. The first-order chi connectivity index (χ1) is 6.48. The van der Waals surface area contributed by atoms with Crippen LogP contribution in [0.3, 0.4) is 0 Å². The molecule has 0 aromatic carbocycles. The quantitative estimate of drug-likeness (QED) is 0.651. The van der Waals surface area contributed by atoms with Gasteiger partial charge < -0.3 is 4.40 Å². The third-order valence-electron chi connectivity index (χ3n) is 2.48. The van der Waals surface area contributed by atoms with Crippen molar-refractivity contribution in [1.82, 2.24) is 4.40 Å². The average Bonchev–Trinajstić information content (AvgIpc) is 2.46. The van der Waals surface area contributed by atoms with Crippen molar-refractivity contribution in [3.8, 4) is 0 Å². The van der Waals surface area contributed by atoms with Crippen LogP contribution in [-0.2, 0) is 5.41 Å². The lowest BCUT2D eigenvalue weighted by Crippen LogP contribution is -2.11. The standard InChI is InChI=1S/C12H14IN/c1-12(2,3)9-4-6-14-7-5-10(13)11(14)8-9/h4-8H,1-3H3. The van der Waals surface area contributed by atoms with Gasteiger partial charge in [-0.2, -0.15) is 0 Å². The van der Waals surface area contributed by atoms with E-state index in [0.717, 1.165) is 0 Å². The Bertz CT molecular complexity index is 463. The van der Waals surface area contributed by atoms with E-state index in [4.69, 9.17) is 0 Å². The summed E-state index contributed by atoms with van der Waals surface area (Å²) in [6.45, 7) is 6.73. The van der Waals surface area contributed by atoms with E-state index in [9.17, 15) is 0 Å². The highest BCUT2D eigenvalue weighted by atomic mass is 127. The van der Waals surface area contributed by atoms with E-state index >= 15 is 0 Å². The van der Waals surface area contributed by atoms with Crippen LogP contribution in [0.15, 0.2) is 30.6 Å². The second kappa shape index (κ2) is 3.26. The molecular formula is C12H14IN. The molecule has 2 heteroatoms. The highest BCUT2D eigenvalue weighted by molar-refractivity contribution is 14.1. The number of nitrogens with zero attached hydrogens (tertiary/aromatic N) is 1. The van der Waals surface area contributed by atoms with Gasteiger partial charge in [0.2, 0.25) is 0 Å². The predicted molar refractivity (Wildman–Crippen MR) is 68.8 cm³/mol. The molecule has 0 aliphatic carbocycles. The predicted octanol–water partition coefficient (Wildman–Crippen LogP) is 3.84. The maximum Gasteiger partial charge on any atom is 0.0586 e. The summed E-state index contributed by atoms with van der Waals surface area (Å²) in [7, 11) is 0. The monoisotopic (exact) mass is 299 g/mol. The zero-order valence-electron chi connectivity index (χ0n) is 8.71. The van der Waals surface area contributed by atoms with Crippen LogP contribution in [0.5, 0.6) is 0 Å². The van der Waals surface area contributed by atoms with Gasteiger partial charge in [-0.25, -0.2) is 0 Å². The topological polar surface area (TPSA) is 4.41 Å². The fourth-order valence-electron chi connectivity index (χ4n) is 1.53. The summed E-state index contributed by atoms with van der Waals surface area (Å²) in [6.07, 6.45) is 4.24. The van der Waals surface area contributed by atoms with Crippen LogP contribution in [0, 0.1) is 3.57 Å². The van der Waals surface area contributed by atoms with Crippen molar-refractivity contribution in [3.63, 3.8) is 0 Å². The molecule has 2 heterocycles. The van der Waals surface area contributed by atoms with Crippen LogP contribution >= 0.6 is 22.6 Å². The van der Waals surface area contributed by atoms with E-state index in [1.165, 1.54) is 14.7 Å². The van der Waals surface area contributed by atoms with Gasteiger partial charge in [0.25, 0.3) is 0 Å². The minimum Gasteiger partial charge on any atom is -0.323 e. The second-order valence-corrected chi connectivity index (χ2v) is 5.78. The summed E-state index contributed by atoms with van der Waals surface area (Å²) in [5, 5.41) is 0. The molecule has 0 fully saturated rings. The normalized spacial score (nSPS) is 12.3. The smallest absolute Gasteiger partial charge is 0.0586 e. The van der Waals surface area contributed by atoms with Crippen LogP contribution < -0.4 is 0 Å². The molecule has 0 radical (unpaired) electrons. The van der Waals surface area contributed by atoms with Crippen LogP contribution in [0.4, 0.5) is 0 Å². The summed E-state index contributed by atoms with van der Waals surface area (Å²) in [5.74, 6) is 0. The molecule has 0 atom stereocenters. The maximum atomic E-state index is 2.38. The Balaban J connectivity index is 2.66. The molecule has 0 saturated heterocycles. The van der Waals surface area contributed by atoms with Crippen molar-refractivity contribution in [2.24, 2.45) is 0 Å². The van der Waals surface area contributed by atoms with Gasteiger partial charge in [0.05, 0.1) is 5.52 Å². The first-order valence-corrected chi connectivity index (χ1v) is 5.83. The lowest BCUT2D eigenvalue weighted by atomic mass is 9.88. The van der Waals surface area contributed by atoms with Crippen molar-refractivity contribution in [3.05, 3.63) is 39.7 Å². The molecule has 74 valence electrons. The Morgan fingerprint density at radius 2 is 1.79 bits per heavy atom. The lowest BCUT2D eigenvalue weighted by molar-refractivity contribution is 0.590. The van der Waals surface area contributed by atoms with E-state index < -0.39 is 0 Å². The van der Waals surface area contributed by atoms with E-state index in [-0.39, 0.29) is 5.41 Å². The van der Waals surface area contributed by atoms with Gasteiger partial charge in [-0.3, -0.25) is 0 Å². The van der Waals surface area contributed by atoms with Crippen LogP contribution in [0.25, 0.3) is 5.52 Å². The van der Waals surface area contributed by atoms with Crippen molar-refractivity contribution in [2.75, 3.05) is 0 Å². The number of hydrogen-bond donors (Lipinski definition) is 0. The van der Waals surface area contributed by atoms with Crippen LogP contribution in [0.1, 0.15) is 26.3 Å². The molecular weight excluding hydrogens is 285 g/mol. The molecule has 14 heavy (non-hydrogen) atoms. The molecule has 1 nitrogen and oxygen atoms in total. The number of fused-ring (bicyclic) bond motifs is 1. The van der Waals surface area contributed by atoms with Crippen molar-refractivity contribution in [2.45, 2.75) is 26.2 Å². The van der Waals surface area contributed by atoms with E-state index in [1.807, 2.05) is 0 Å². The number of hydrogen-bond acceptors (Lipinski definition) is 0. The summed E-state index contributed by atoms with van der Waals surface area (Å²) in [5.41, 5.74) is 2.93. The summed E-state index contributed by atoms with van der Waals surface area (Å²) in [6, 6.07) is 6.62. The molecule has 0 amide bonds. The van der Waals surface area contributed by atoms with Gasteiger partial charge in [0, 0.05) is 16.0 Å². The molecule has 0 bridgehead atoms. The average molecular weight is 299 g/mol. The van der Waals surface area contributed by atoms with Gasteiger partial charge in [0.15, 0.2) is 0 Å². The fraction of sp³-hybridized carbons (Fsp3) is 0.333. The van der Waals surface area contributed by atoms with Gasteiger partial charge >= 0.3 is 0 Å². The third-order valence-corrected chi connectivity index (χ3v) is 3.39. The molecule has 0 aliphatic heterocycles. The molecule has 0 spiro atoms. The maximum absolute atomic E-state index is 2.38. The molecule has 2 aromatic heterocycles. The molecule has 0 unspecified atom stereocenters. The van der Waals surface area contributed by atoms with Crippen LogP contribution in [-0.4, -0.2) is 4.40 Å². The molecule has 0 saturated carbocycles. The Hall–Kier alpha value is -0.510. The van der Waals surface area contributed by atoms with Crippen LogP contribution in [0.2, 0.25) is 0 Å². The first kappa shape index (κ1) is 10.0. The molecule has 0 N–H and O–H groups in total. The largest absolute Gasteiger partial charge is 0.323 e. The van der Waals surface area contributed by atoms with Gasteiger partial charge in [0.1, 0.15) is 0 Å². The van der Waals surface area contributed by atoms with E-state index in [1.54, 1.807) is 0 Å². The van der Waals surface area contributed by atoms with Gasteiger partial charge in [-0.15, -0.1) is 0 Å². The molecule has 2 aromatic rings. The zero-order valence-corrected chi connectivity index (χ0v) is 10.9. The minimum atomic E-state index is 0.231. The summed E-state index contributed by atoms with van der Waals surface area (Å²) >= 11 is 2.38. The zero-order chi connectivity index (χ0) is 10.3. The fourth-order valence-corrected chi connectivity index (χ4v) is 2.13. The van der Waals surface area contributed by atoms with Crippen molar-refractivity contribution >= 4 is 28.1 Å². The highest BCUT2D eigenvalue weighted by Crippen LogP contribution is 2.25. The Morgan fingerprint density at radius 3 is 2.43 bits per heavy atom. The summed E-state index contributed by atoms with van der Waals surface area (Å²) < 4.78 is 3.48. The summed E-state index contributed by atoms with van der Waals surface area (Å²) in [4.78, 5) is 0. The Kier molecular flexibility index (Phi) is 2.33. The highest BCUT2D eigenvalue weighted by Gasteiger charge is 2.14. The number of halogens is 1. The van der Waals surface area contributed by atoms with Gasteiger partial charge in [-0.1, -0.05) is 20.8 Å². The van der Waals surface area contributed by atoms with Crippen molar-refractivity contribution < 1.29 is 0 Å². The Labute approximate surface area is 98.3 Å². The molecule has 2 rings (SSSR count). The third kappa shape index (κ3) is 1.67.